The zero-order valence-corrected chi connectivity index (χ0v) is 8.06. The first kappa shape index (κ1) is 13.5. The molecule has 5 heteroatoms. The van der Waals surface area contributed by atoms with Crippen molar-refractivity contribution in [3.8, 4) is 0 Å². The monoisotopic (exact) mass is 183 g/mol. The highest BCUT2D eigenvalue weighted by atomic mass is 32.2. The van der Waals surface area contributed by atoms with Crippen LogP contribution >= 0.6 is 0 Å². The van der Waals surface area contributed by atoms with Crippen molar-refractivity contribution in [2.75, 3.05) is 6.26 Å². The van der Waals surface area contributed by atoms with Gasteiger partial charge >= 0.3 is 0 Å². The smallest absolute Gasteiger partial charge is 0.261 e. The Kier molecular flexibility index (Phi) is 8.04. The molecule has 70 valence electrons. The van der Waals surface area contributed by atoms with Crippen LogP contribution in [0.15, 0.2) is 0 Å². The molecule has 0 bridgehead atoms. The van der Waals surface area contributed by atoms with Crippen LogP contribution in [0, 0.1) is 0 Å². The van der Waals surface area contributed by atoms with E-state index in [9.17, 15) is 8.42 Å². The molecule has 0 amide bonds. The van der Waals surface area contributed by atoms with Crippen LogP contribution in [-0.2, 0) is 10.1 Å². The van der Waals surface area contributed by atoms with Gasteiger partial charge in [0, 0.05) is 6.04 Å². The summed E-state index contributed by atoms with van der Waals surface area (Å²) >= 11 is 0. The van der Waals surface area contributed by atoms with Gasteiger partial charge < -0.3 is 5.73 Å². The molecular formula is C6H17NO3S. The Hall–Kier alpha value is -0.130. The fourth-order valence-corrected chi connectivity index (χ4v) is 0.289. The number of hydrogen-bond donors (Lipinski definition) is 2. The highest BCUT2D eigenvalue weighted by molar-refractivity contribution is 7.85. The molecule has 0 heterocycles. The van der Waals surface area contributed by atoms with E-state index in [0.29, 0.717) is 12.3 Å². The molecule has 4 nitrogen and oxygen atoms in total. The van der Waals surface area contributed by atoms with E-state index >= 15 is 0 Å². The molecule has 0 aliphatic carbocycles. The van der Waals surface area contributed by atoms with E-state index < -0.39 is 10.1 Å². The molecule has 0 saturated heterocycles. The van der Waals surface area contributed by atoms with Crippen LogP contribution in [0.4, 0.5) is 0 Å². The summed E-state index contributed by atoms with van der Waals surface area (Å²) in [5.41, 5.74) is 5.47. The predicted molar refractivity (Wildman–Crippen MR) is 46.0 cm³/mol. The van der Waals surface area contributed by atoms with Crippen molar-refractivity contribution in [2.45, 2.75) is 32.7 Å². The van der Waals surface area contributed by atoms with Crippen molar-refractivity contribution in [2.24, 2.45) is 5.73 Å². The van der Waals surface area contributed by atoms with Gasteiger partial charge in [0.2, 0.25) is 0 Å². The van der Waals surface area contributed by atoms with E-state index in [1.165, 1.54) is 0 Å². The van der Waals surface area contributed by atoms with E-state index in [0.717, 1.165) is 12.8 Å². The minimum Gasteiger partial charge on any atom is -0.328 e. The van der Waals surface area contributed by atoms with Gasteiger partial charge in [-0.1, -0.05) is 13.8 Å². The van der Waals surface area contributed by atoms with E-state index in [2.05, 4.69) is 13.8 Å². The molecule has 0 aromatic heterocycles. The third-order valence-corrected chi connectivity index (χ3v) is 1.05. The normalized spacial score (nSPS) is 10.7. The van der Waals surface area contributed by atoms with Crippen LogP contribution in [-0.4, -0.2) is 25.3 Å². The van der Waals surface area contributed by atoms with E-state index in [1.807, 2.05) is 0 Å². The van der Waals surface area contributed by atoms with E-state index in [-0.39, 0.29) is 0 Å². The Morgan fingerprint density at radius 2 is 1.55 bits per heavy atom. The van der Waals surface area contributed by atoms with Gasteiger partial charge in [0.15, 0.2) is 0 Å². The zero-order chi connectivity index (χ0) is 9.49. The average molecular weight is 183 g/mol. The minimum atomic E-state index is -3.67. The molecule has 11 heavy (non-hydrogen) atoms. The minimum absolute atomic E-state index is 0.435. The molecule has 0 spiro atoms. The second kappa shape index (κ2) is 6.57. The summed E-state index contributed by atoms with van der Waals surface area (Å²) in [4.78, 5) is 0. The van der Waals surface area contributed by atoms with Crippen molar-refractivity contribution in [1.29, 1.82) is 0 Å². The van der Waals surface area contributed by atoms with Crippen LogP contribution in [0.25, 0.3) is 0 Å². The summed E-state index contributed by atoms with van der Waals surface area (Å²) in [6.45, 7) is 4.21. The lowest BCUT2D eigenvalue weighted by atomic mass is 10.2. The molecule has 0 fully saturated rings. The van der Waals surface area contributed by atoms with Crippen molar-refractivity contribution >= 4 is 10.1 Å². The molecule has 0 unspecified atom stereocenters. The summed E-state index contributed by atoms with van der Waals surface area (Å²) < 4.78 is 25.9. The first-order chi connectivity index (χ1) is 4.81. The summed E-state index contributed by atoms with van der Waals surface area (Å²) in [6.07, 6.45) is 2.93. The molecule has 0 aromatic carbocycles. The second-order valence-corrected chi connectivity index (χ2v) is 3.78. The third kappa shape index (κ3) is 40.8. The lowest BCUT2D eigenvalue weighted by Gasteiger charge is -1.99. The Morgan fingerprint density at radius 3 is 1.55 bits per heavy atom. The standard InChI is InChI=1S/C5H13N.CH4O3S/c1-3-5(6)4-2;1-5(2,3)4/h5H,3-4,6H2,1-2H3;1H3,(H,2,3,4). The van der Waals surface area contributed by atoms with Gasteiger partial charge in [0.05, 0.1) is 6.26 Å². The Labute approximate surface area is 68.5 Å². The largest absolute Gasteiger partial charge is 0.328 e. The van der Waals surface area contributed by atoms with Gasteiger partial charge in [-0.3, -0.25) is 4.55 Å². The number of hydrogen-bond acceptors (Lipinski definition) is 3. The lowest BCUT2D eigenvalue weighted by Crippen LogP contribution is -2.16. The molecule has 0 aliphatic heterocycles. The third-order valence-electron chi connectivity index (χ3n) is 1.05. The maximum absolute atomic E-state index is 9.19. The Balaban J connectivity index is 0. The summed E-state index contributed by atoms with van der Waals surface area (Å²) in [5.74, 6) is 0. The maximum Gasteiger partial charge on any atom is 0.261 e. The van der Waals surface area contributed by atoms with Crippen molar-refractivity contribution in [3.63, 3.8) is 0 Å². The van der Waals surface area contributed by atoms with Gasteiger partial charge in [0.25, 0.3) is 10.1 Å². The summed E-state index contributed by atoms with van der Waals surface area (Å²) in [7, 11) is -3.67. The van der Waals surface area contributed by atoms with Gasteiger partial charge in [-0.15, -0.1) is 0 Å². The van der Waals surface area contributed by atoms with Crippen LogP contribution in [0.2, 0.25) is 0 Å². The molecule has 0 atom stereocenters. The predicted octanol–water partition coefficient (Wildman–Crippen LogP) is 0.638. The van der Waals surface area contributed by atoms with Crippen LogP contribution in [0.5, 0.6) is 0 Å². The lowest BCUT2D eigenvalue weighted by molar-refractivity contribution is 0.490. The van der Waals surface area contributed by atoms with Crippen molar-refractivity contribution in [1.82, 2.24) is 0 Å². The molecular weight excluding hydrogens is 166 g/mol. The maximum atomic E-state index is 9.19. The van der Waals surface area contributed by atoms with Crippen LogP contribution in [0.3, 0.4) is 0 Å². The Morgan fingerprint density at radius 1 is 1.36 bits per heavy atom. The quantitative estimate of drug-likeness (QED) is 0.615. The highest BCUT2D eigenvalue weighted by Crippen LogP contribution is 1.88. The fraction of sp³-hybridized carbons (Fsp3) is 1.00. The molecule has 0 aliphatic rings. The Bertz CT molecular complexity index is 153. The first-order valence-corrected chi connectivity index (χ1v) is 5.34. The number of rotatable bonds is 2. The summed E-state index contributed by atoms with van der Waals surface area (Å²) in [6, 6.07) is 0.435. The highest BCUT2D eigenvalue weighted by Gasteiger charge is 1.88. The topological polar surface area (TPSA) is 80.4 Å². The zero-order valence-electron chi connectivity index (χ0n) is 7.24. The van der Waals surface area contributed by atoms with Crippen LogP contribution < -0.4 is 5.73 Å². The van der Waals surface area contributed by atoms with Gasteiger partial charge in [-0.2, -0.15) is 8.42 Å². The van der Waals surface area contributed by atoms with Gasteiger partial charge in [-0.05, 0) is 12.8 Å². The average Bonchev–Trinajstić information content (AvgIpc) is 1.83. The van der Waals surface area contributed by atoms with Crippen molar-refractivity contribution in [3.05, 3.63) is 0 Å². The molecule has 3 N–H and O–H groups in total. The molecule has 0 aromatic rings. The van der Waals surface area contributed by atoms with Gasteiger partial charge in [-0.25, -0.2) is 0 Å². The molecule has 0 radical (unpaired) electrons. The second-order valence-electron chi connectivity index (χ2n) is 2.31. The fourth-order valence-electron chi connectivity index (χ4n) is 0.289. The first-order valence-electron chi connectivity index (χ1n) is 3.49. The number of nitrogens with two attached hydrogens (primary N) is 1. The summed E-state index contributed by atoms with van der Waals surface area (Å²) in [5, 5.41) is 0. The van der Waals surface area contributed by atoms with Crippen molar-refractivity contribution < 1.29 is 13.0 Å². The van der Waals surface area contributed by atoms with Crippen LogP contribution in [0.1, 0.15) is 26.7 Å². The van der Waals surface area contributed by atoms with Gasteiger partial charge in [0.1, 0.15) is 0 Å². The molecule has 0 saturated carbocycles. The SMILES string of the molecule is CCC(N)CC.CS(=O)(=O)O. The van der Waals surface area contributed by atoms with E-state index in [4.69, 9.17) is 10.3 Å². The van der Waals surface area contributed by atoms with E-state index in [1.54, 1.807) is 0 Å². The molecule has 0 rings (SSSR count).